The van der Waals surface area contributed by atoms with Gasteiger partial charge in [-0.1, -0.05) is 12.1 Å². The van der Waals surface area contributed by atoms with Crippen LogP contribution in [0.25, 0.3) is 0 Å². The highest BCUT2D eigenvalue weighted by atomic mass is 16.5. The van der Waals surface area contributed by atoms with Gasteiger partial charge in [-0.05, 0) is 31.8 Å². The monoisotopic (exact) mass is 335 g/mol. The molecule has 0 spiro atoms. The first-order valence-electron chi connectivity index (χ1n) is 7.77. The molecule has 8 nitrogen and oxygen atoms in total. The number of anilines is 1. The van der Waals surface area contributed by atoms with Crippen LogP contribution in [-0.4, -0.2) is 63.2 Å². The van der Waals surface area contributed by atoms with E-state index in [0.29, 0.717) is 11.8 Å². The fourth-order valence-electron chi connectivity index (χ4n) is 2.22. The summed E-state index contributed by atoms with van der Waals surface area (Å²) >= 11 is 0. The molecule has 1 aromatic heterocycles. The summed E-state index contributed by atoms with van der Waals surface area (Å²) in [5.74, 6) is 1.56. The summed E-state index contributed by atoms with van der Waals surface area (Å²) in [6.45, 7) is 1.06. The number of benzene rings is 1. The van der Waals surface area contributed by atoms with E-state index in [9.17, 15) is 5.11 Å². The lowest BCUT2D eigenvalue weighted by atomic mass is 10.2. The molecule has 0 saturated carbocycles. The molecule has 8 heteroatoms. The van der Waals surface area contributed by atoms with Gasteiger partial charge in [-0.15, -0.1) is 0 Å². The van der Waals surface area contributed by atoms with Gasteiger partial charge in [0.2, 0.25) is 5.95 Å². The molecular formula is C16H25N5O3. The van der Waals surface area contributed by atoms with E-state index >= 15 is 0 Å². The summed E-state index contributed by atoms with van der Waals surface area (Å²) in [7, 11) is 5.74. The van der Waals surface area contributed by atoms with Gasteiger partial charge < -0.3 is 25.2 Å². The van der Waals surface area contributed by atoms with E-state index in [0.717, 1.165) is 17.9 Å². The largest absolute Gasteiger partial charge is 0.491 e. The molecule has 0 amide bonds. The fourth-order valence-corrected chi connectivity index (χ4v) is 2.22. The Labute approximate surface area is 141 Å². The van der Waals surface area contributed by atoms with Crippen molar-refractivity contribution in [1.82, 2.24) is 19.7 Å². The van der Waals surface area contributed by atoms with Gasteiger partial charge in [-0.25, -0.2) is 4.68 Å². The van der Waals surface area contributed by atoms with E-state index in [2.05, 4.69) is 20.3 Å². The first-order valence-corrected chi connectivity index (χ1v) is 7.77. The molecule has 1 atom stereocenters. The van der Waals surface area contributed by atoms with Gasteiger partial charge in [0.05, 0.1) is 0 Å². The van der Waals surface area contributed by atoms with Gasteiger partial charge >= 0.3 is 0 Å². The summed E-state index contributed by atoms with van der Waals surface area (Å²) in [5.41, 5.74) is 1.15. The van der Waals surface area contributed by atoms with E-state index in [4.69, 9.17) is 9.84 Å². The van der Waals surface area contributed by atoms with E-state index in [1.54, 1.807) is 7.05 Å². The molecule has 1 heterocycles. The number of nitrogens with one attached hydrogen (secondary N) is 1. The molecule has 0 aliphatic rings. The first kappa shape index (κ1) is 18.2. The number of aliphatic hydroxyl groups excluding tert-OH is 2. The molecule has 3 N–H and O–H groups in total. The van der Waals surface area contributed by atoms with Gasteiger partial charge in [-0.2, -0.15) is 10.1 Å². The quantitative estimate of drug-likeness (QED) is 0.603. The number of aromatic nitrogens is 3. The molecule has 0 saturated heterocycles. The van der Waals surface area contributed by atoms with Crippen LogP contribution in [0.4, 0.5) is 5.95 Å². The Morgan fingerprint density at radius 1 is 1.38 bits per heavy atom. The highest BCUT2D eigenvalue weighted by Gasteiger charge is 2.10. The highest BCUT2D eigenvalue weighted by Crippen LogP contribution is 2.14. The topological polar surface area (TPSA) is 95.7 Å². The molecule has 132 valence electrons. The molecule has 24 heavy (non-hydrogen) atoms. The molecule has 0 aliphatic heterocycles. The van der Waals surface area contributed by atoms with Gasteiger partial charge in [0, 0.05) is 20.1 Å². The zero-order chi connectivity index (χ0) is 17.5. The zero-order valence-electron chi connectivity index (χ0n) is 14.3. The third kappa shape index (κ3) is 5.48. The Morgan fingerprint density at radius 3 is 2.83 bits per heavy atom. The zero-order valence-corrected chi connectivity index (χ0v) is 14.3. The van der Waals surface area contributed by atoms with Gasteiger partial charge in [0.25, 0.3) is 0 Å². The smallest absolute Gasteiger partial charge is 0.221 e. The van der Waals surface area contributed by atoms with E-state index in [1.807, 2.05) is 38.4 Å². The Hall–Kier alpha value is -2.16. The van der Waals surface area contributed by atoms with Crippen molar-refractivity contribution in [3.05, 3.63) is 35.7 Å². The Bertz CT molecular complexity index is 644. The van der Waals surface area contributed by atoms with E-state index < -0.39 is 6.10 Å². The Morgan fingerprint density at radius 2 is 2.17 bits per heavy atom. The lowest BCUT2D eigenvalue weighted by Gasteiger charge is -2.15. The summed E-state index contributed by atoms with van der Waals surface area (Å²) in [5, 5.41) is 26.0. The van der Waals surface area contributed by atoms with Crippen molar-refractivity contribution in [1.29, 1.82) is 0 Å². The van der Waals surface area contributed by atoms with Crippen LogP contribution in [0.3, 0.4) is 0 Å². The second-order valence-corrected chi connectivity index (χ2v) is 5.86. The third-order valence-corrected chi connectivity index (χ3v) is 3.28. The fraction of sp³-hybridized carbons (Fsp3) is 0.500. The van der Waals surface area contributed by atoms with Crippen molar-refractivity contribution in [3.63, 3.8) is 0 Å². The van der Waals surface area contributed by atoms with Crippen LogP contribution < -0.4 is 10.1 Å². The summed E-state index contributed by atoms with van der Waals surface area (Å²) in [6.07, 6.45) is -0.697. The minimum Gasteiger partial charge on any atom is -0.491 e. The number of hydrogen-bond acceptors (Lipinski definition) is 7. The van der Waals surface area contributed by atoms with Crippen molar-refractivity contribution in [3.8, 4) is 5.75 Å². The number of hydrogen-bond donors (Lipinski definition) is 3. The van der Waals surface area contributed by atoms with Gasteiger partial charge in [0.15, 0.2) is 5.82 Å². The van der Waals surface area contributed by atoms with Crippen LogP contribution in [-0.2, 0) is 20.2 Å². The average molecular weight is 335 g/mol. The molecular weight excluding hydrogens is 310 g/mol. The standard InChI is InChI=1S/C16H25N5O3/c1-20(2)9-12-5-4-6-14(7-12)24-11-13(23)8-17-16-18-15(10-22)19-21(16)3/h4-7,13,22-23H,8-11H2,1-3H3,(H,17,18,19). The maximum absolute atomic E-state index is 10.0. The minimum absolute atomic E-state index is 0.170. The second kappa shape index (κ2) is 8.62. The van der Waals surface area contributed by atoms with Crippen molar-refractivity contribution < 1.29 is 14.9 Å². The maximum Gasteiger partial charge on any atom is 0.221 e. The molecule has 1 unspecified atom stereocenters. The number of ether oxygens (including phenoxy) is 1. The molecule has 2 rings (SSSR count). The maximum atomic E-state index is 10.0. The van der Waals surface area contributed by atoms with Crippen molar-refractivity contribution in [2.45, 2.75) is 19.3 Å². The molecule has 0 radical (unpaired) electrons. The predicted octanol–water partition coefficient (Wildman–Crippen LogP) is 0.221. The predicted molar refractivity (Wildman–Crippen MR) is 90.8 cm³/mol. The highest BCUT2D eigenvalue weighted by molar-refractivity contribution is 5.28. The Kier molecular flexibility index (Phi) is 6.53. The van der Waals surface area contributed by atoms with E-state index in [1.165, 1.54) is 4.68 Å². The van der Waals surface area contributed by atoms with Crippen LogP contribution in [0.1, 0.15) is 11.4 Å². The van der Waals surface area contributed by atoms with Crippen molar-refractivity contribution in [2.24, 2.45) is 7.05 Å². The van der Waals surface area contributed by atoms with E-state index in [-0.39, 0.29) is 19.8 Å². The number of aryl methyl sites for hydroxylation is 1. The number of nitrogens with zero attached hydrogens (tertiary/aromatic N) is 4. The van der Waals surface area contributed by atoms with Crippen LogP contribution in [0.2, 0.25) is 0 Å². The number of aliphatic hydroxyl groups is 2. The summed E-state index contributed by atoms with van der Waals surface area (Å²) in [4.78, 5) is 6.17. The van der Waals surface area contributed by atoms with Gasteiger partial charge in [0.1, 0.15) is 25.1 Å². The molecule has 0 bridgehead atoms. The minimum atomic E-state index is -0.697. The average Bonchev–Trinajstić information content (AvgIpc) is 2.91. The number of rotatable bonds is 9. The molecule has 0 aliphatic carbocycles. The third-order valence-electron chi connectivity index (χ3n) is 3.28. The SMILES string of the molecule is CN(C)Cc1cccc(OCC(O)CNc2nc(CO)nn2C)c1. The first-order chi connectivity index (χ1) is 11.5. The van der Waals surface area contributed by atoms with Crippen LogP contribution in [0, 0.1) is 0 Å². The summed E-state index contributed by atoms with van der Waals surface area (Å²) < 4.78 is 7.16. The van der Waals surface area contributed by atoms with Crippen LogP contribution >= 0.6 is 0 Å². The Balaban J connectivity index is 1.80. The lowest BCUT2D eigenvalue weighted by molar-refractivity contribution is 0.117. The molecule has 2 aromatic rings. The molecule has 0 fully saturated rings. The van der Waals surface area contributed by atoms with Crippen molar-refractivity contribution in [2.75, 3.05) is 32.6 Å². The van der Waals surface area contributed by atoms with Crippen LogP contribution in [0.5, 0.6) is 5.75 Å². The lowest BCUT2D eigenvalue weighted by Crippen LogP contribution is -2.27. The second-order valence-electron chi connectivity index (χ2n) is 5.86. The van der Waals surface area contributed by atoms with Crippen LogP contribution in [0.15, 0.2) is 24.3 Å². The molecule has 1 aromatic carbocycles. The summed E-state index contributed by atoms with van der Waals surface area (Å²) in [6, 6.07) is 7.82. The normalized spacial score (nSPS) is 12.4. The van der Waals surface area contributed by atoms with Gasteiger partial charge in [-0.3, -0.25) is 0 Å². The van der Waals surface area contributed by atoms with Crippen molar-refractivity contribution >= 4 is 5.95 Å².